The summed E-state index contributed by atoms with van der Waals surface area (Å²) in [6.07, 6.45) is 0.382. The van der Waals surface area contributed by atoms with Crippen molar-refractivity contribution in [3.63, 3.8) is 0 Å². The SMILES string of the molecule is CCN(C(=O)COC(=O)CNC(=O)c1ccc(Cl)cc1)[C@@H]1CCS(=O)(=O)C1. The third kappa shape index (κ3) is 6.21. The molecule has 1 heterocycles. The van der Waals surface area contributed by atoms with E-state index in [0.717, 1.165) is 0 Å². The zero-order valence-electron chi connectivity index (χ0n) is 14.8. The topological polar surface area (TPSA) is 110 Å². The molecule has 0 spiro atoms. The van der Waals surface area contributed by atoms with E-state index in [9.17, 15) is 22.8 Å². The van der Waals surface area contributed by atoms with Gasteiger partial charge in [-0.3, -0.25) is 14.4 Å². The zero-order valence-corrected chi connectivity index (χ0v) is 16.4. The number of halogens is 1. The van der Waals surface area contributed by atoms with Crippen molar-refractivity contribution in [2.24, 2.45) is 0 Å². The molecule has 10 heteroatoms. The number of sulfone groups is 1. The number of benzene rings is 1. The highest BCUT2D eigenvalue weighted by molar-refractivity contribution is 7.91. The van der Waals surface area contributed by atoms with Crippen molar-refractivity contribution in [3.05, 3.63) is 34.9 Å². The van der Waals surface area contributed by atoms with Gasteiger partial charge in [0, 0.05) is 23.2 Å². The van der Waals surface area contributed by atoms with E-state index in [-0.39, 0.29) is 11.5 Å². The molecular formula is C17H21ClN2O6S. The lowest BCUT2D eigenvalue weighted by molar-refractivity contribution is -0.151. The summed E-state index contributed by atoms with van der Waals surface area (Å²) >= 11 is 5.74. The van der Waals surface area contributed by atoms with Crippen LogP contribution in [-0.2, 0) is 24.2 Å². The Morgan fingerprint density at radius 2 is 1.93 bits per heavy atom. The molecule has 0 bridgehead atoms. The molecule has 27 heavy (non-hydrogen) atoms. The monoisotopic (exact) mass is 416 g/mol. The van der Waals surface area contributed by atoms with Crippen LogP contribution in [0, 0.1) is 0 Å². The smallest absolute Gasteiger partial charge is 0.325 e. The molecule has 1 atom stereocenters. The number of esters is 1. The first-order valence-electron chi connectivity index (χ1n) is 8.41. The molecule has 0 radical (unpaired) electrons. The van der Waals surface area contributed by atoms with Gasteiger partial charge in [-0.2, -0.15) is 0 Å². The Hall–Kier alpha value is -2.13. The van der Waals surface area contributed by atoms with E-state index in [1.54, 1.807) is 19.1 Å². The number of hydrogen-bond donors (Lipinski definition) is 1. The Bertz CT molecular complexity index is 809. The predicted molar refractivity (Wildman–Crippen MR) is 99.2 cm³/mol. The molecule has 2 amide bonds. The second kappa shape index (κ2) is 9.18. The van der Waals surface area contributed by atoms with Crippen LogP contribution in [0.15, 0.2) is 24.3 Å². The lowest BCUT2D eigenvalue weighted by Gasteiger charge is -2.26. The number of rotatable bonds is 7. The van der Waals surface area contributed by atoms with Gasteiger partial charge in [0.15, 0.2) is 16.4 Å². The van der Waals surface area contributed by atoms with Gasteiger partial charge in [0.25, 0.3) is 11.8 Å². The second-order valence-corrected chi connectivity index (χ2v) is 8.75. The van der Waals surface area contributed by atoms with Crippen LogP contribution in [0.1, 0.15) is 23.7 Å². The number of nitrogens with zero attached hydrogens (tertiary/aromatic N) is 1. The Kier molecular flexibility index (Phi) is 7.20. The van der Waals surface area contributed by atoms with Crippen LogP contribution >= 0.6 is 11.6 Å². The summed E-state index contributed by atoms with van der Waals surface area (Å²) in [6, 6.07) is 5.74. The minimum Gasteiger partial charge on any atom is -0.454 e. The Morgan fingerprint density at radius 1 is 1.26 bits per heavy atom. The van der Waals surface area contributed by atoms with Crippen LogP contribution in [0.5, 0.6) is 0 Å². The lowest BCUT2D eigenvalue weighted by atomic mass is 10.2. The van der Waals surface area contributed by atoms with Crippen LogP contribution in [-0.4, -0.2) is 68.3 Å². The van der Waals surface area contributed by atoms with Crippen LogP contribution in [0.4, 0.5) is 0 Å². The van der Waals surface area contributed by atoms with E-state index in [4.69, 9.17) is 16.3 Å². The Labute approximate surface area is 162 Å². The Balaban J connectivity index is 1.77. The number of carbonyl (C=O) groups is 3. The fourth-order valence-electron chi connectivity index (χ4n) is 2.79. The van der Waals surface area contributed by atoms with Crippen molar-refractivity contribution in [3.8, 4) is 0 Å². The second-order valence-electron chi connectivity index (χ2n) is 6.09. The molecule has 0 aliphatic carbocycles. The molecule has 1 aliphatic rings. The van der Waals surface area contributed by atoms with Gasteiger partial charge in [0.05, 0.1) is 11.5 Å². The number of ether oxygens (including phenoxy) is 1. The van der Waals surface area contributed by atoms with E-state index in [2.05, 4.69) is 5.32 Å². The van der Waals surface area contributed by atoms with Crippen LogP contribution < -0.4 is 5.32 Å². The summed E-state index contributed by atoms with van der Waals surface area (Å²) in [6.45, 7) is 1.17. The first kappa shape index (κ1) is 21.2. The van der Waals surface area contributed by atoms with E-state index in [1.165, 1.54) is 17.0 Å². The lowest BCUT2D eigenvalue weighted by Crippen LogP contribution is -2.43. The zero-order chi connectivity index (χ0) is 20.0. The molecule has 1 aliphatic heterocycles. The summed E-state index contributed by atoms with van der Waals surface area (Å²) in [5, 5.41) is 2.88. The third-order valence-electron chi connectivity index (χ3n) is 4.17. The number of carbonyl (C=O) groups excluding carboxylic acids is 3. The molecule has 2 rings (SSSR count). The van der Waals surface area contributed by atoms with Crippen LogP contribution in [0.3, 0.4) is 0 Å². The van der Waals surface area contributed by atoms with Gasteiger partial charge < -0.3 is 15.0 Å². The maximum Gasteiger partial charge on any atom is 0.325 e. The van der Waals surface area contributed by atoms with E-state index in [1.807, 2.05) is 0 Å². The highest BCUT2D eigenvalue weighted by Crippen LogP contribution is 2.17. The van der Waals surface area contributed by atoms with Crippen LogP contribution in [0.25, 0.3) is 0 Å². The summed E-state index contributed by atoms with van der Waals surface area (Å²) in [7, 11) is -3.12. The van der Waals surface area contributed by atoms with Gasteiger partial charge in [-0.15, -0.1) is 0 Å². The molecule has 0 aromatic heterocycles. The van der Waals surface area contributed by atoms with Gasteiger partial charge >= 0.3 is 5.97 Å². The molecule has 8 nitrogen and oxygen atoms in total. The minimum atomic E-state index is -3.12. The first-order chi connectivity index (χ1) is 12.7. The Morgan fingerprint density at radius 3 is 2.48 bits per heavy atom. The molecule has 1 N–H and O–H groups in total. The van der Waals surface area contributed by atoms with Gasteiger partial charge in [0.2, 0.25) is 0 Å². The number of likely N-dealkylation sites (N-methyl/N-ethyl adjacent to an activating group) is 1. The minimum absolute atomic E-state index is 0.0535. The number of nitrogens with one attached hydrogen (secondary N) is 1. The standard InChI is InChI=1S/C17H21ClN2O6S/c1-2-20(14-7-8-27(24,25)11-14)15(21)10-26-16(22)9-19-17(23)12-3-5-13(18)6-4-12/h3-6,14H,2,7-11H2,1H3,(H,19,23)/t14-/m1/s1. The van der Waals surface area contributed by atoms with Crippen molar-refractivity contribution in [1.29, 1.82) is 0 Å². The fraction of sp³-hybridized carbons (Fsp3) is 0.471. The molecular weight excluding hydrogens is 396 g/mol. The largest absolute Gasteiger partial charge is 0.454 e. The molecule has 148 valence electrons. The molecule has 0 saturated carbocycles. The maximum atomic E-state index is 12.2. The quantitative estimate of drug-likeness (QED) is 0.653. The molecule has 0 unspecified atom stereocenters. The molecule has 1 fully saturated rings. The molecule has 1 aromatic rings. The normalized spacial score (nSPS) is 17.9. The highest BCUT2D eigenvalue weighted by atomic mass is 35.5. The highest BCUT2D eigenvalue weighted by Gasteiger charge is 2.34. The predicted octanol–water partition coefficient (Wildman–Crippen LogP) is 0.649. The molecule has 1 aromatic carbocycles. The third-order valence-corrected chi connectivity index (χ3v) is 6.17. The van der Waals surface area contributed by atoms with Crippen molar-refractivity contribution in [1.82, 2.24) is 10.2 Å². The summed E-state index contributed by atoms with van der Waals surface area (Å²) in [5.41, 5.74) is 0.336. The first-order valence-corrected chi connectivity index (χ1v) is 10.6. The van der Waals surface area contributed by atoms with Gasteiger partial charge in [-0.05, 0) is 37.6 Å². The van der Waals surface area contributed by atoms with Gasteiger partial charge in [-0.25, -0.2) is 8.42 Å². The van der Waals surface area contributed by atoms with Crippen molar-refractivity contribution in [2.45, 2.75) is 19.4 Å². The average Bonchev–Trinajstić information content (AvgIpc) is 2.98. The summed E-state index contributed by atoms with van der Waals surface area (Å²) in [4.78, 5) is 37.3. The molecule has 1 saturated heterocycles. The average molecular weight is 417 g/mol. The van der Waals surface area contributed by atoms with Crippen molar-refractivity contribution < 1.29 is 27.5 Å². The van der Waals surface area contributed by atoms with Crippen molar-refractivity contribution in [2.75, 3.05) is 31.2 Å². The summed E-state index contributed by atoms with van der Waals surface area (Å²) < 4.78 is 28.0. The fourth-order valence-corrected chi connectivity index (χ4v) is 4.65. The maximum absolute atomic E-state index is 12.2. The van der Waals surface area contributed by atoms with E-state index < -0.39 is 46.8 Å². The van der Waals surface area contributed by atoms with E-state index in [0.29, 0.717) is 23.6 Å². The number of amides is 2. The summed E-state index contributed by atoms with van der Waals surface area (Å²) in [5.74, 6) is -1.71. The van der Waals surface area contributed by atoms with Crippen molar-refractivity contribution >= 4 is 39.2 Å². The number of hydrogen-bond acceptors (Lipinski definition) is 6. The van der Waals surface area contributed by atoms with Gasteiger partial charge in [0.1, 0.15) is 6.54 Å². The van der Waals surface area contributed by atoms with Gasteiger partial charge in [-0.1, -0.05) is 11.6 Å². The van der Waals surface area contributed by atoms with Crippen LogP contribution in [0.2, 0.25) is 5.02 Å². The van der Waals surface area contributed by atoms with E-state index >= 15 is 0 Å².